The van der Waals surface area contributed by atoms with Crippen LogP contribution in [0.3, 0.4) is 0 Å². The molecule has 1 heterocycles. The Bertz CT molecular complexity index is 198. The summed E-state index contributed by atoms with van der Waals surface area (Å²) in [5.41, 5.74) is 0. The molecular formula is C10H18N2O2. The average Bonchev–Trinajstić information content (AvgIpc) is 3.00. The van der Waals surface area contributed by atoms with Crippen molar-refractivity contribution in [1.29, 1.82) is 0 Å². The number of morpholine rings is 1. The number of amides is 1. The smallest absolute Gasteiger partial charge is 0.220 e. The molecule has 0 radical (unpaired) electrons. The summed E-state index contributed by atoms with van der Waals surface area (Å²) in [5.74, 6) is 0.182. The summed E-state index contributed by atoms with van der Waals surface area (Å²) in [5, 5.41) is 6.23. The minimum Gasteiger partial charge on any atom is -0.376 e. The standard InChI is InChI=1S/C10H18N2O2/c13-10(12-8-1-2-8)4-3-9-7-11-5-6-14-9/h8-9,11H,1-7H2,(H,12,13)/t9-/m1/s1. The van der Waals surface area contributed by atoms with Gasteiger partial charge in [-0.1, -0.05) is 0 Å². The molecule has 80 valence electrons. The molecule has 1 amide bonds. The van der Waals surface area contributed by atoms with Crippen LogP contribution in [0.1, 0.15) is 25.7 Å². The van der Waals surface area contributed by atoms with Crippen molar-refractivity contribution in [2.45, 2.75) is 37.8 Å². The van der Waals surface area contributed by atoms with E-state index < -0.39 is 0 Å². The van der Waals surface area contributed by atoms with E-state index in [-0.39, 0.29) is 12.0 Å². The van der Waals surface area contributed by atoms with Gasteiger partial charge >= 0.3 is 0 Å². The highest BCUT2D eigenvalue weighted by atomic mass is 16.5. The van der Waals surface area contributed by atoms with Crippen molar-refractivity contribution in [2.24, 2.45) is 0 Å². The van der Waals surface area contributed by atoms with Crippen molar-refractivity contribution >= 4 is 5.91 Å². The molecule has 4 nitrogen and oxygen atoms in total. The fraction of sp³-hybridized carbons (Fsp3) is 0.900. The van der Waals surface area contributed by atoms with Gasteiger partial charge < -0.3 is 15.4 Å². The van der Waals surface area contributed by atoms with Gasteiger partial charge in [-0.2, -0.15) is 0 Å². The van der Waals surface area contributed by atoms with Gasteiger partial charge in [0.25, 0.3) is 0 Å². The number of carbonyl (C=O) groups is 1. The molecule has 0 spiro atoms. The fourth-order valence-corrected chi connectivity index (χ4v) is 1.62. The molecule has 2 N–H and O–H groups in total. The predicted octanol–water partition coefficient (Wildman–Crippen LogP) is 0.0336. The van der Waals surface area contributed by atoms with Crippen molar-refractivity contribution in [3.63, 3.8) is 0 Å². The van der Waals surface area contributed by atoms with Gasteiger partial charge in [0.2, 0.25) is 5.91 Å². The van der Waals surface area contributed by atoms with E-state index >= 15 is 0 Å². The second-order valence-electron chi connectivity index (χ2n) is 4.08. The Morgan fingerprint density at radius 1 is 1.50 bits per heavy atom. The molecule has 2 rings (SSSR count). The molecule has 0 unspecified atom stereocenters. The lowest BCUT2D eigenvalue weighted by Gasteiger charge is -2.23. The lowest BCUT2D eigenvalue weighted by molar-refractivity contribution is -0.122. The van der Waals surface area contributed by atoms with Crippen LogP contribution < -0.4 is 10.6 Å². The lowest BCUT2D eigenvalue weighted by atomic mass is 10.1. The Morgan fingerprint density at radius 3 is 3.00 bits per heavy atom. The number of hydrogen-bond acceptors (Lipinski definition) is 3. The first-order valence-electron chi connectivity index (χ1n) is 5.46. The molecule has 4 heteroatoms. The van der Waals surface area contributed by atoms with E-state index in [9.17, 15) is 4.79 Å². The van der Waals surface area contributed by atoms with Crippen LogP contribution >= 0.6 is 0 Å². The Labute approximate surface area is 84.4 Å². The van der Waals surface area contributed by atoms with E-state index in [1.165, 1.54) is 0 Å². The van der Waals surface area contributed by atoms with Crippen LogP contribution in [0, 0.1) is 0 Å². The molecule has 0 aromatic heterocycles. The quantitative estimate of drug-likeness (QED) is 0.670. The Morgan fingerprint density at radius 2 is 2.36 bits per heavy atom. The summed E-state index contributed by atoms with van der Waals surface area (Å²) in [7, 11) is 0. The normalized spacial score (nSPS) is 27.3. The molecule has 1 saturated carbocycles. The topological polar surface area (TPSA) is 50.4 Å². The van der Waals surface area contributed by atoms with E-state index in [2.05, 4.69) is 10.6 Å². The SMILES string of the molecule is O=C(CC[C@@H]1CNCCO1)NC1CC1. The van der Waals surface area contributed by atoms with Gasteiger partial charge in [-0.05, 0) is 19.3 Å². The van der Waals surface area contributed by atoms with Crippen LogP contribution in [-0.2, 0) is 9.53 Å². The minimum atomic E-state index is 0.182. The van der Waals surface area contributed by atoms with Gasteiger partial charge in [-0.3, -0.25) is 4.79 Å². The van der Waals surface area contributed by atoms with Crippen LogP contribution in [0.5, 0.6) is 0 Å². The molecule has 0 aromatic rings. The molecule has 1 aliphatic carbocycles. The first-order valence-corrected chi connectivity index (χ1v) is 5.46. The van der Waals surface area contributed by atoms with E-state index in [1.54, 1.807) is 0 Å². The van der Waals surface area contributed by atoms with Crippen LogP contribution in [0.25, 0.3) is 0 Å². The maximum atomic E-state index is 11.3. The lowest BCUT2D eigenvalue weighted by Crippen LogP contribution is -2.39. The van der Waals surface area contributed by atoms with E-state index in [0.29, 0.717) is 12.5 Å². The second kappa shape index (κ2) is 4.75. The Balaban J connectivity index is 1.57. The van der Waals surface area contributed by atoms with Crippen molar-refractivity contribution in [3.8, 4) is 0 Å². The van der Waals surface area contributed by atoms with Crippen LogP contribution in [0.2, 0.25) is 0 Å². The molecule has 14 heavy (non-hydrogen) atoms. The third kappa shape index (κ3) is 3.27. The number of hydrogen-bond donors (Lipinski definition) is 2. The molecule has 1 saturated heterocycles. The summed E-state index contributed by atoms with van der Waals surface area (Å²) in [4.78, 5) is 11.3. The number of rotatable bonds is 4. The van der Waals surface area contributed by atoms with Crippen molar-refractivity contribution in [3.05, 3.63) is 0 Å². The summed E-state index contributed by atoms with van der Waals surface area (Å²) in [6, 6.07) is 0.480. The van der Waals surface area contributed by atoms with E-state index in [4.69, 9.17) is 4.74 Å². The van der Waals surface area contributed by atoms with Crippen LogP contribution in [-0.4, -0.2) is 37.7 Å². The summed E-state index contributed by atoms with van der Waals surface area (Å²) < 4.78 is 5.51. The van der Waals surface area contributed by atoms with Crippen molar-refractivity contribution in [1.82, 2.24) is 10.6 Å². The van der Waals surface area contributed by atoms with Crippen LogP contribution in [0.4, 0.5) is 0 Å². The Hall–Kier alpha value is -0.610. The molecule has 1 atom stereocenters. The summed E-state index contributed by atoms with van der Waals surface area (Å²) >= 11 is 0. The molecule has 0 aromatic carbocycles. The van der Waals surface area contributed by atoms with E-state index in [0.717, 1.165) is 39.0 Å². The molecule has 1 aliphatic heterocycles. The highest BCUT2D eigenvalue weighted by Crippen LogP contribution is 2.18. The third-order valence-corrected chi connectivity index (χ3v) is 2.64. The average molecular weight is 198 g/mol. The zero-order chi connectivity index (χ0) is 9.80. The third-order valence-electron chi connectivity index (χ3n) is 2.64. The maximum absolute atomic E-state index is 11.3. The largest absolute Gasteiger partial charge is 0.376 e. The number of nitrogens with one attached hydrogen (secondary N) is 2. The number of carbonyl (C=O) groups excluding carboxylic acids is 1. The van der Waals surface area contributed by atoms with Crippen molar-refractivity contribution < 1.29 is 9.53 Å². The molecular weight excluding hydrogens is 180 g/mol. The molecule has 0 bridgehead atoms. The first-order chi connectivity index (χ1) is 6.84. The van der Waals surface area contributed by atoms with Gasteiger partial charge in [0.15, 0.2) is 0 Å². The molecule has 2 fully saturated rings. The van der Waals surface area contributed by atoms with Crippen molar-refractivity contribution in [2.75, 3.05) is 19.7 Å². The summed E-state index contributed by atoms with van der Waals surface area (Å²) in [6.45, 7) is 2.59. The Kier molecular flexibility index (Phi) is 3.37. The second-order valence-corrected chi connectivity index (χ2v) is 4.08. The highest BCUT2D eigenvalue weighted by Gasteiger charge is 2.23. The van der Waals surface area contributed by atoms with Gasteiger partial charge in [-0.25, -0.2) is 0 Å². The zero-order valence-corrected chi connectivity index (χ0v) is 8.42. The van der Waals surface area contributed by atoms with Gasteiger partial charge in [-0.15, -0.1) is 0 Å². The maximum Gasteiger partial charge on any atom is 0.220 e. The molecule has 2 aliphatic rings. The van der Waals surface area contributed by atoms with Crippen LogP contribution in [0.15, 0.2) is 0 Å². The highest BCUT2D eigenvalue weighted by molar-refractivity contribution is 5.76. The zero-order valence-electron chi connectivity index (χ0n) is 8.42. The fourth-order valence-electron chi connectivity index (χ4n) is 1.62. The predicted molar refractivity (Wildman–Crippen MR) is 53.0 cm³/mol. The minimum absolute atomic E-state index is 0.182. The number of ether oxygens (including phenoxy) is 1. The monoisotopic (exact) mass is 198 g/mol. The van der Waals surface area contributed by atoms with Gasteiger partial charge in [0.1, 0.15) is 0 Å². The van der Waals surface area contributed by atoms with Gasteiger partial charge in [0.05, 0.1) is 12.7 Å². The summed E-state index contributed by atoms with van der Waals surface area (Å²) in [6.07, 6.45) is 3.99. The first kappa shape index (κ1) is 9.93. The van der Waals surface area contributed by atoms with Gasteiger partial charge in [0, 0.05) is 25.6 Å². The van der Waals surface area contributed by atoms with E-state index in [1.807, 2.05) is 0 Å².